The van der Waals surface area contributed by atoms with Crippen molar-refractivity contribution in [1.82, 2.24) is 9.38 Å². The van der Waals surface area contributed by atoms with Crippen molar-refractivity contribution in [3.63, 3.8) is 0 Å². The van der Waals surface area contributed by atoms with E-state index in [4.69, 9.17) is 16.3 Å². The summed E-state index contributed by atoms with van der Waals surface area (Å²) >= 11 is 6.41. The van der Waals surface area contributed by atoms with E-state index in [1.165, 1.54) is 12.1 Å². The largest absolute Gasteiger partial charge is 0.488 e. The summed E-state index contributed by atoms with van der Waals surface area (Å²) in [6.45, 7) is 2.05. The molecule has 0 radical (unpaired) electrons. The summed E-state index contributed by atoms with van der Waals surface area (Å²) in [5, 5.41) is 10.1. The monoisotopic (exact) mass is 429 g/mol. The number of hydrogen-bond donors (Lipinski definition) is 0. The second kappa shape index (κ2) is 7.57. The highest BCUT2D eigenvalue weighted by Gasteiger charge is 2.22. The quantitative estimate of drug-likeness (QED) is 0.370. The molecular weight excluding hydrogens is 413 g/mol. The summed E-state index contributed by atoms with van der Waals surface area (Å²) in [7, 11) is 0. The summed E-state index contributed by atoms with van der Waals surface area (Å²) in [6, 6.07) is 18.5. The lowest BCUT2D eigenvalue weighted by atomic mass is 9.89. The molecule has 0 fully saturated rings. The normalized spacial score (nSPS) is 14.3. The molecule has 0 bridgehead atoms. The Kier molecular flexibility index (Phi) is 4.72. The van der Waals surface area contributed by atoms with Crippen LogP contribution in [0.1, 0.15) is 34.9 Å². The Labute approximate surface area is 183 Å². The number of rotatable bonds is 2. The molecule has 31 heavy (non-hydrogen) atoms. The average Bonchev–Trinajstić information content (AvgIpc) is 2.99. The molecule has 3 heterocycles. The molecule has 6 heteroatoms. The van der Waals surface area contributed by atoms with Gasteiger partial charge in [0.05, 0.1) is 11.8 Å². The molecule has 2 aromatic heterocycles. The van der Waals surface area contributed by atoms with E-state index >= 15 is 0 Å². The van der Waals surface area contributed by atoms with Gasteiger partial charge in [-0.25, -0.2) is 9.37 Å². The van der Waals surface area contributed by atoms with Gasteiger partial charge in [-0.2, -0.15) is 5.26 Å². The molecule has 0 spiro atoms. The SMILES string of the molecule is C/C(C#N)=C1\c2ccc(Cc3c(Cl)nc4ccccn34)cc2COc2cc(F)ccc21. The number of halogens is 2. The van der Waals surface area contributed by atoms with Gasteiger partial charge < -0.3 is 9.14 Å². The van der Waals surface area contributed by atoms with Gasteiger partial charge >= 0.3 is 0 Å². The summed E-state index contributed by atoms with van der Waals surface area (Å²) in [6.07, 6.45) is 2.54. The van der Waals surface area contributed by atoms with Gasteiger partial charge in [-0.1, -0.05) is 35.9 Å². The first kappa shape index (κ1) is 19.3. The van der Waals surface area contributed by atoms with Gasteiger partial charge in [0.25, 0.3) is 0 Å². The van der Waals surface area contributed by atoms with Crippen LogP contribution in [0.2, 0.25) is 5.15 Å². The van der Waals surface area contributed by atoms with Crippen LogP contribution in [-0.2, 0) is 13.0 Å². The zero-order chi connectivity index (χ0) is 21.5. The molecule has 1 aliphatic heterocycles. The molecular formula is C25H17ClFN3O. The van der Waals surface area contributed by atoms with Crippen LogP contribution in [-0.4, -0.2) is 9.38 Å². The van der Waals surface area contributed by atoms with E-state index in [0.29, 0.717) is 22.9 Å². The van der Waals surface area contributed by atoms with Crippen molar-refractivity contribution in [2.75, 3.05) is 0 Å². The number of nitriles is 1. The van der Waals surface area contributed by atoms with Gasteiger partial charge in [0.2, 0.25) is 0 Å². The third-order valence-corrected chi connectivity index (χ3v) is 5.83. The molecule has 0 unspecified atom stereocenters. The highest BCUT2D eigenvalue weighted by atomic mass is 35.5. The number of benzene rings is 2. The van der Waals surface area contributed by atoms with Gasteiger partial charge in [-0.15, -0.1) is 0 Å². The molecule has 0 saturated carbocycles. The number of pyridine rings is 1. The smallest absolute Gasteiger partial charge is 0.151 e. The average molecular weight is 430 g/mol. The van der Waals surface area contributed by atoms with Crippen LogP contribution >= 0.6 is 11.6 Å². The second-order valence-electron chi connectivity index (χ2n) is 7.49. The van der Waals surface area contributed by atoms with Crippen LogP contribution in [0.4, 0.5) is 4.39 Å². The fourth-order valence-corrected chi connectivity index (χ4v) is 4.32. The molecule has 0 N–H and O–H groups in total. The topological polar surface area (TPSA) is 50.3 Å². The summed E-state index contributed by atoms with van der Waals surface area (Å²) in [5.41, 5.74) is 6.63. The molecule has 5 rings (SSSR count). The van der Waals surface area contributed by atoms with Crippen molar-refractivity contribution >= 4 is 22.8 Å². The first-order valence-electron chi connectivity index (χ1n) is 9.82. The third-order valence-electron chi connectivity index (χ3n) is 5.53. The van der Waals surface area contributed by atoms with E-state index in [1.54, 1.807) is 13.0 Å². The van der Waals surface area contributed by atoms with Crippen molar-refractivity contribution in [3.8, 4) is 11.8 Å². The van der Waals surface area contributed by atoms with Gasteiger partial charge in [-0.3, -0.25) is 0 Å². The van der Waals surface area contributed by atoms with Crippen LogP contribution < -0.4 is 4.74 Å². The van der Waals surface area contributed by atoms with E-state index < -0.39 is 0 Å². The maximum Gasteiger partial charge on any atom is 0.151 e. The minimum absolute atomic E-state index is 0.280. The maximum absolute atomic E-state index is 13.8. The Hall–Kier alpha value is -3.62. The van der Waals surface area contributed by atoms with Crippen molar-refractivity contribution in [2.24, 2.45) is 0 Å². The predicted octanol–water partition coefficient (Wildman–Crippen LogP) is 5.96. The minimum Gasteiger partial charge on any atom is -0.488 e. The van der Waals surface area contributed by atoms with Gasteiger partial charge in [0.1, 0.15) is 23.8 Å². The number of imidazole rings is 1. The van der Waals surface area contributed by atoms with Crippen LogP contribution in [0.25, 0.3) is 11.2 Å². The second-order valence-corrected chi connectivity index (χ2v) is 7.85. The van der Waals surface area contributed by atoms with Crippen LogP contribution in [0.3, 0.4) is 0 Å². The molecule has 0 atom stereocenters. The number of hydrogen-bond acceptors (Lipinski definition) is 3. The van der Waals surface area contributed by atoms with Crippen molar-refractivity contribution in [2.45, 2.75) is 20.0 Å². The van der Waals surface area contributed by atoms with E-state index in [1.807, 2.05) is 40.9 Å². The number of allylic oxidation sites excluding steroid dienone is 1. The Balaban J connectivity index is 1.61. The zero-order valence-electron chi connectivity index (χ0n) is 16.7. The first-order chi connectivity index (χ1) is 15.0. The Bertz CT molecular complexity index is 1410. The number of nitrogens with zero attached hydrogens (tertiary/aromatic N) is 3. The molecule has 2 aromatic carbocycles. The minimum atomic E-state index is -0.374. The van der Waals surface area contributed by atoms with Crippen molar-refractivity contribution in [3.05, 3.63) is 105 Å². The lowest BCUT2D eigenvalue weighted by molar-refractivity contribution is 0.305. The highest BCUT2D eigenvalue weighted by molar-refractivity contribution is 6.30. The molecule has 4 aromatic rings. The Morgan fingerprint density at radius 2 is 2.03 bits per heavy atom. The fourth-order valence-electron chi connectivity index (χ4n) is 4.07. The number of aromatic nitrogens is 2. The van der Waals surface area contributed by atoms with E-state index in [9.17, 15) is 9.65 Å². The standard InChI is InChI=1S/C25H17ClFN3O/c1-15(13-28)24-19-7-5-16(11-21-25(26)29-23-4-2-3-9-30(21)23)10-17(19)14-31-22-12-18(27)6-8-20(22)24/h2-10,12H,11,14H2,1H3/b24-15-. The molecule has 0 amide bonds. The molecule has 1 aliphatic rings. The van der Waals surface area contributed by atoms with Gasteiger partial charge in [-0.05, 0) is 47.9 Å². The third kappa shape index (κ3) is 3.35. The summed E-state index contributed by atoms with van der Waals surface area (Å²) in [4.78, 5) is 4.42. The molecule has 0 saturated heterocycles. The molecule has 4 nitrogen and oxygen atoms in total. The van der Waals surface area contributed by atoms with Crippen molar-refractivity contribution < 1.29 is 9.13 Å². The number of fused-ring (bicyclic) bond motifs is 3. The summed E-state index contributed by atoms with van der Waals surface area (Å²) < 4.78 is 21.7. The number of ether oxygens (including phenoxy) is 1. The lowest BCUT2D eigenvalue weighted by Gasteiger charge is -2.13. The molecule has 152 valence electrons. The zero-order valence-corrected chi connectivity index (χ0v) is 17.4. The van der Waals surface area contributed by atoms with E-state index in [0.717, 1.165) is 39.2 Å². The maximum atomic E-state index is 13.8. The Morgan fingerprint density at radius 3 is 2.87 bits per heavy atom. The Morgan fingerprint density at radius 1 is 1.19 bits per heavy atom. The fraction of sp³-hybridized carbons (Fsp3) is 0.120. The first-order valence-corrected chi connectivity index (χ1v) is 10.2. The summed E-state index contributed by atoms with van der Waals surface area (Å²) in [5.74, 6) is 0.0637. The predicted molar refractivity (Wildman–Crippen MR) is 117 cm³/mol. The van der Waals surface area contributed by atoms with Crippen LogP contribution in [0.5, 0.6) is 5.75 Å². The van der Waals surface area contributed by atoms with E-state index in [2.05, 4.69) is 17.1 Å². The van der Waals surface area contributed by atoms with E-state index in [-0.39, 0.29) is 12.4 Å². The van der Waals surface area contributed by atoms with Gasteiger partial charge in [0, 0.05) is 35.4 Å². The van der Waals surface area contributed by atoms with Crippen LogP contribution in [0.15, 0.2) is 66.4 Å². The highest BCUT2D eigenvalue weighted by Crippen LogP contribution is 2.39. The van der Waals surface area contributed by atoms with Gasteiger partial charge in [0.15, 0.2) is 5.15 Å². The molecule has 0 aliphatic carbocycles. The van der Waals surface area contributed by atoms with Crippen LogP contribution in [0, 0.1) is 17.1 Å². The lowest BCUT2D eigenvalue weighted by Crippen LogP contribution is -2.00. The van der Waals surface area contributed by atoms with Crippen molar-refractivity contribution in [1.29, 1.82) is 5.26 Å².